The van der Waals surface area contributed by atoms with Crippen LogP contribution in [0.25, 0.3) is 0 Å². The van der Waals surface area contributed by atoms with Gasteiger partial charge < -0.3 is 10.2 Å². The molecule has 0 aromatic heterocycles. The molecule has 1 fully saturated rings. The first kappa shape index (κ1) is 10.0. The summed E-state index contributed by atoms with van der Waals surface area (Å²) >= 11 is 0. The van der Waals surface area contributed by atoms with Gasteiger partial charge in [-0.2, -0.15) is 5.26 Å². The van der Waals surface area contributed by atoms with E-state index in [0.29, 0.717) is 6.42 Å². The lowest BCUT2D eigenvalue weighted by atomic mass is 10.1. The third-order valence-electron chi connectivity index (χ3n) is 2.17. The summed E-state index contributed by atoms with van der Waals surface area (Å²) in [6, 6.07) is 2.07. The van der Waals surface area contributed by atoms with Crippen molar-refractivity contribution in [3.63, 3.8) is 0 Å². The number of piperazine rings is 1. The number of hydrogen-bond donors (Lipinski definition) is 1. The molecule has 0 bridgehead atoms. The van der Waals surface area contributed by atoms with Crippen LogP contribution in [0.2, 0.25) is 0 Å². The van der Waals surface area contributed by atoms with Crippen LogP contribution in [-0.4, -0.2) is 37.0 Å². The quantitative estimate of drug-likeness (QED) is 0.650. The summed E-state index contributed by atoms with van der Waals surface area (Å²) in [6.45, 7) is 5.06. The Hall–Kier alpha value is -1.08. The third kappa shape index (κ3) is 3.03. The Bertz CT molecular complexity index is 215. The summed E-state index contributed by atoms with van der Waals surface area (Å²) < 4.78 is 0. The van der Waals surface area contributed by atoms with Crippen molar-refractivity contribution < 1.29 is 4.79 Å². The zero-order valence-electron chi connectivity index (χ0n) is 7.92. The van der Waals surface area contributed by atoms with E-state index in [1.54, 1.807) is 6.92 Å². The van der Waals surface area contributed by atoms with Crippen molar-refractivity contribution in [2.75, 3.05) is 26.2 Å². The van der Waals surface area contributed by atoms with Crippen LogP contribution in [0.3, 0.4) is 0 Å². The third-order valence-corrected chi connectivity index (χ3v) is 2.17. The van der Waals surface area contributed by atoms with Gasteiger partial charge in [-0.1, -0.05) is 0 Å². The summed E-state index contributed by atoms with van der Waals surface area (Å²) in [5.74, 6) is -0.0575. The van der Waals surface area contributed by atoms with E-state index in [2.05, 4.69) is 11.4 Å². The van der Waals surface area contributed by atoms with Crippen molar-refractivity contribution in [3.8, 4) is 6.07 Å². The Labute approximate surface area is 78.5 Å². The summed E-state index contributed by atoms with van der Waals surface area (Å²) in [4.78, 5) is 13.3. The molecule has 0 aliphatic carbocycles. The maximum Gasteiger partial charge on any atom is 0.223 e. The van der Waals surface area contributed by atoms with E-state index in [1.807, 2.05) is 4.90 Å². The lowest BCUT2D eigenvalue weighted by Crippen LogP contribution is -2.46. The van der Waals surface area contributed by atoms with E-state index >= 15 is 0 Å². The average Bonchev–Trinajstić information content (AvgIpc) is 2.19. The van der Waals surface area contributed by atoms with Crippen LogP contribution in [0.1, 0.15) is 13.3 Å². The van der Waals surface area contributed by atoms with E-state index in [4.69, 9.17) is 5.26 Å². The molecule has 1 aliphatic heterocycles. The van der Waals surface area contributed by atoms with Gasteiger partial charge in [0.15, 0.2) is 0 Å². The SMILES string of the molecule is CC(C#N)CC(=O)N1CCNCC1. The molecule has 1 rings (SSSR count). The lowest BCUT2D eigenvalue weighted by molar-refractivity contribution is -0.132. The fraction of sp³-hybridized carbons (Fsp3) is 0.778. The van der Waals surface area contributed by atoms with Crippen LogP contribution >= 0.6 is 0 Å². The molecule has 1 unspecified atom stereocenters. The number of carbonyl (C=O) groups excluding carboxylic acids is 1. The fourth-order valence-corrected chi connectivity index (χ4v) is 1.35. The van der Waals surface area contributed by atoms with Crippen molar-refractivity contribution >= 4 is 5.91 Å². The molecular formula is C9H15N3O. The molecule has 0 saturated carbocycles. The number of nitrogens with zero attached hydrogens (tertiary/aromatic N) is 2. The topological polar surface area (TPSA) is 56.1 Å². The van der Waals surface area contributed by atoms with Gasteiger partial charge >= 0.3 is 0 Å². The molecular weight excluding hydrogens is 166 g/mol. The number of nitrogens with one attached hydrogen (secondary N) is 1. The smallest absolute Gasteiger partial charge is 0.223 e. The molecule has 1 aliphatic rings. The largest absolute Gasteiger partial charge is 0.340 e. The van der Waals surface area contributed by atoms with Crippen molar-refractivity contribution in [3.05, 3.63) is 0 Å². The van der Waals surface area contributed by atoms with Crippen molar-refractivity contribution in [2.45, 2.75) is 13.3 Å². The Morgan fingerprint density at radius 2 is 2.23 bits per heavy atom. The molecule has 1 heterocycles. The van der Waals surface area contributed by atoms with Gasteiger partial charge in [0.05, 0.1) is 12.0 Å². The minimum absolute atomic E-state index is 0.107. The molecule has 72 valence electrons. The second-order valence-corrected chi connectivity index (χ2v) is 3.37. The molecule has 13 heavy (non-hydrogen) atoms. The minimum Gasteiger partial charge on any atom is -0.340 e. The monoisotopic (exact) mass is 181 g/mol. The Balaban J connectivity index is 2.34. The highest BCUT2D eigenvalue weighted by atomic mass is 16.2. The molecule has 1 atom stereocenters. The van der Waals surface area contributed by atoms with Gasteiger partial charge in [0.2, 0.25) is 5.91 Å². The standard InChI is InChI=1S/C9H15N3O/c1-8(7-10)6-9(13)12-4-2-11-3-5-12/h8,11H,2-6H2,1H3. The minimum atomic E-state index is -0.164. The number of carbonyl (C=O) groups is 1. The van der Waals surface area contributed by atoms with Gasteiger partial charge in [-0.3, -0.25) is 4.79 Å². The lowest BCUT2D eigenvalue weighted by Gasteiger charge is -2.27. The van der Waals surface area contributed by atoms with Crippen molar-refractivity contribution in [1.29, 1.82) is 5.26 Å². The van der Waals surface area contributed by atoms with Crippen LogP contribution < -0.4 is 5.32 Å². The van der Waals surface area contributed by atoms with Gasteiger partial charge in [0.25, 0.3) is 0 Å². The number of amides is 1. The maximum atomic E-state index is 11.5. The molecule has 1 N–H and O–H groups in total. The summed E-state index contributed by atoms with van der Waals surface area (Å²) in [5, 5.41) is 11.7. The molecule has 4 nitrogen and oxygen atoms in total. The zero-order valence-corrected chi connectivity index (χ0v) is 7.92. The van der Waals surface area contributed by atoms with Gasteiger partial charge in [0.1, 0.15) is 0 Å². The summed E-state index contributed by atoms with van der Waals surface area (Å²) in [5.41, 5.74) is 0. The van der Waals surface area contributed by atoms with Gasteiger partial charge in [0, 0.05) is 32.6 Å². The Morgan fingerprint density at radius 1 is 1.62 bits per heavy atom. The first-order chi connectivity index (χ1) is 6.24. The second-order valence-electron chi connectivity index (χ2n) is 3.37. The first-order valence-electron chi connectivity index (χ1n) is 4.62. The van der Waals surface area contributed by atoms with Crippen LogP contribution in [0.4, 0.5) is 0 Å². The van der Waals surface area contributed by atoms with Crippen molar-refractivity contribution in [1.82, 2.24) is 10.2 Å². The molecule has 0 spiro atoms. The molecule has 1 saturated heterocycles. The zero-order chi connectivity index (χ0) is 9.68. The molecule has 0 aromatic carbocycles. The van der Waals surface area contributed by atoms with Gasteiger partial charge in [-0.25, -0.2) is 0 Å². The maximum absolute atomic E-state index is 11.5. The van der Waals surface area contributed by atoms with Gasteiger partial charge in [-0.15, -0.1) is 0 Å². The molecule has 1 amide bonds. The van der Waals surface area contributed by atoms with E-state index in [9.17, 15) is 4.79 Å². The van der Waals surface area contributed by atoms with Crippen LogP contribution in [-0.2, 0) is 4.79 Å². The molecule has 0 aromatic rings. The molecule has 4 heteroatoms. The normalized spacial score (nSPS) is 19.2. The second kappa shape index (κ2) is 4.83. The fourth-order valence-electron chi connectivity index (χ4n) is 1.35. The Kier molecular flexibility index (Phi) is 3.71. The van der Waals surface area contributed by atoms with Gasteiger partial charge in [-0.05, 0) is 6.92 Å². The first-order valence-corrected chi connectivity index (χ1v) is 4.62. The van der Waals surface area contributed by atoms with E-state index in [-0.39, 0.29) is 11.8 Å². The van der Waals surface area contributed by atoms with E-state index < -0.39 is 0 Å². The number of rotatable bonds is 2. The van der Waals surface area contributed by atoms with Crippen LogP contribution in [0, 0.1) is 17.2 Å². The predicted molar refractivity (Wildman–Crippen MR) is 48.8 cm³/mol. The van der Waals surface area contributed by atoms with Crippen LogP contribution in [0.5, 0.6) is 0 Å². The Morgan fingerprint density at radius 3 is 2.77 bits per heavy atom. The van der Waals surface area contributed by atoms with E-state index in [1.165, 1.54) is 0 Å². The number of nitriles is 1. The predicted octanol–water partition coefficient (Wildman–Crippen LogP) is -0.0320. The average molecular weight is 181 g/mol. The highest BCUT2D eigenvalue weighted by Crippen LogP contribution is 2.04. The summed E-state index contributed by atoms with van der Waals surface area (Å²) in [6.07, 6.45) is 0.358. The summed E-state index contributed by atoms with van der Waals surface area (Å²) in [7, 11) is 0. The highest BCUT2D eigenvalue weighted by molar-refractivity contribution is 5.76. The van der Waals surface area contributed by atoms with Crippen molar-refractivity contribution in [2.24, 2.45) is 5.92 Å². The highest BCUT2D eigenvalue weighted by Gasteiger charge is 2.17. The molecule has 0 radical (unpaired) electrons. The van der Waals surface area contributed by atoms with E-state index in [0.717, 1.165) is 26.2 Å². The number of hydrogen-bond acceptors (Lipinski definition) is 3. The van der Waals surface area contributed by atoms with Crippen LogP contribution in [0.15, 0.2) is 0 Å².